The van der Waals surface area contributed by atoms with Crippen LogP contribution in [0, 0.1) is 6.92 Å². The molecule has 2 rings (SSSR count). The van der Waals surface area contributed by atoms with E-state index in [0.29, 0.717) is 13.1 Å². The minimum absolute atomic E-state index is 0.0505. The summed E-state index contributed by atoms with van der Waals surface area (Å²) < 4.78 is 0. The number of aryl methyl sites for hydroxylation is 1. The summed E-state index contributed by atoms with van der Waals surface area (Å²) >= 11 is 1.54. The summed E-state index contributed by atoms with van der Waals surface area (Å²) in [4.78, 5) is 30.1. The third kappa shape index (κ3) is 5.48. The van der Waals surface area contributed by atoms with Gasteiger partial charge in [0.05, 0.1) is 4.88 Å². The van der Waals surface area contributed by atoms with Gasteiger partial charge in [0.2, 0.25) is 5.91 Å². The smallest absolute Gasteiger partial charge is 0.263 e. The van der Waals surface area contributed by atoms with Crippen LogP contribution in [0.2, 0.25) is 0 Å². The zero-order valence-electron chi connectivity index (χ0n) is 14.0. The average molecular weight is 335 g/mol. The number of rotatable bonds is 5. The summed E-state index contributed by atoms with van der Waals surface area (Å²) in [5.41, 5.74) is 0. The van der Waals surface area contributed by atoms with E-state index in [9.17, 15) is 9.59 Å². The maximum Gasteiger partial charge on any atom is 0.263 e. The summed E-state index contributed by atoms with van der Waals surface area (Å²) in [6.07, 6.45) is 5.06. The first-order valence-corrected chi connectivity index (χ1v) is 8.75. The molecule has 1 N–H and O–H groups in total. The second-order valence-electron chi connectivity index (χ2n) is 6.15. The summed E-state index contributed by atoms with van der Waals surface area (Å²) in [7, 11) is 3.92. The molecule has 0 radical (unpaired) electrons. The number of nitrogens with zero attached hydrogens (tertiary/aromatic N) is 2. The van der Waals surface area contributed by atoms with E-state index in [1.165, 1.54) is 11.3 Å². The quantitative estimate of drug-likeness (QED) is 0.836. The Kier molecular flexibility index (Phi) is 6.36. The topological polar surface area (TPSA) is 52.7 Å². The van der Waals surface area contributed by atoms with Crippen molar-refractivity contribution < 1.29 is 9.59 Å². The van der Waals surface area contributed by atoms with Crippen molar-refractivity contribution in [2.24, 2.45) is 0 Å². The van der Waals surface area contributed by atoms with Gasteiger partial charge < -0.3 is 15.1 Å². The number of hydrogen-bond donors (Lipinski definition) is 1. The van der Waals surface area contributed by atoms with E-state index in [1.54, 1.807) is 6.08 Å². The predicted molar refractivity (Wildman–Crippen MR) is 93.8 cm³/mol. The van der Waals surface area contributed by atoms with Crippen LogP contribution < -0.4 is 5.32 Å². The highest BCUT2D eigenvalue weighted by atomic mass is 32.1. The second-order valence-corrected chi connectivity index (χ2v) is 7.44. The Hall–Kier alpha value is -1.66. The molecule has 1 fully saturated rings. The third-order valence-corrected chi connectivity index (χ3v) is 4.81. The Morgan fingerprint density at radius 2 is 2.04 bits per heavy atom. The van der Waals surface area contributed by atoms with E-state index in [4.69, 9.17) is 0 Å². The number of piperidine rings is 1. The highest BCUT2D eigenvalue weighted by Gasteiger charge is 2.24. The molecule has 0 aliphatic carbocycles. The first-order chi connectivity index (χ1) is 11.0. The zero-order chi connectivity index (χ0) is 16.8. The van der Waals surface area contributed by atoms with Gasteiger partial charge in [-0.2, -0.15) is 0 Å². The molecule has 0 atom stereocenters. The molecule has 2 heterocycles. The summed E-state index contributed by atoms with van der Waals surface area (Å²) in [6, 6.07) is 4.03. The SMILES string of the molecule is Cc1ccc(C(=O)N2CCC(NC(=O)/C=C/CN(C)C)CC2)s1. The molecule has 6 heteroatoms. The molecule has 2 amide bonds. The summed E-state index contributed by atoms with van der Waals surface area (Å²) in [5, 5.41) is 3.02. The van der Waals surface area contributed by atoms with Gasteiger partial charge in [0.1, 0.15) is 0 Å². The Balaban J connectivity index is 1.76. The van der Waals surface area contributed by atoms with Gasteiger partial charge in [-0.15, -0.1) is 11.3 Å². The van der Waals surface area contributed by atoms with Crippen LogP contribution in [0.5, 0.6) is 0 Å². The van der Waals surface area contributed by atoms with Crippen molar-refractivity contribution >= 4 is 23.2 Å². The zero-order valence-corrected chi connectivity index (χ0v) is 14.9. The van der Waals surface area contributed by atoms with Crippen LogP contribution in [0.1, 0.15) is 27.4 Å². The monoisotopic (exact) mass is 335 g/mol. The van der Waals surface area contributed by atoms with Gasteiger partial charge in [-0.3, -0.25) is 9.59 Å². The van der Waals surface area contributed by atoms with Crippen molar-refractivity contribution in [2.75, 3.05) is 33.7 Å². The largest absolute Gasteiger partial charge is 0.350 e. The van der Waals surface area contributed by atoms with Crippen LogP contribution in [0.4, 0.5) is 0 Å². The fraction of sp³-hybridized carbons (Fsp3) is 0.529. The molecule has 0 spiro atoms. The van der Waals surface area contributed by atoms with E-state index in [-0.39, 0.29) is 17.9 Å². The van der Waals surface area contributed by atoms with Crippen molar-refractivity contribution in [1.29, 1.82) is 0 Å². The van der Waals surface area contributed by atoms with E-state index in [0.717, 1.165) is 29.1 Å². The van der Waals surface area contributed by atoms with Crippen LogP contribution in [0.3, 0.4) is 0 Å². The standard InChI is InChI=1S/C17H25N3O2S/c1-13-6-7-15(23-13)17(22)20-11-8-14(9-12-20)18-16(21)5-4-10-19(2)3/h4-7,14H,8-12H2,1-3H3,(H,18,21)/b5-4+. The second kappa shape index (κ2) is 8.26. The highest BCUT2D eigenvalue weighted by Crippen LogP contribution is 2.20. The van der Waals surface area contributed by atoms with Gasteiger partial charge in [-0.25, -0.2) is 0 Å². The maximum absolute atomic E-state index is 12.4. The van der Waals surface area contributed by atoms with Crippen LogP contribution in [0.25, 0.3) is 0 Å². The lowest BCUT2D eigenvalue weighted by molar-refractivity contribution is -0.117. The number of likely N-dealkylation sites (tertiary alicyclic amines) is 1. The molecule has 1 saturated heterocycles. The van der Waals surface area contributed by atoms with E-state index < -0.39 is 0 Å². The lowest BCUT2D eigenvalue weighted by atomic mass is 10.0. The Bertz CT molecular complexity index is 572. The van der Waals surface area contributed by atoms with Gasteiger partial charge in [-0.05, 0) is 46.0 Å². The summed E-state index contributed by atoms with van der Waals surface area (Å²) in [6.45, 7) is 4.15. The first kappa shape index (κ1) is 17.7. The fourth-order valence-electron chi connectivity index (χ4n) is 2.55. The van der Waals surface area contributed by atoms with Crippen LogP contribution in [0.15, 0.2) is 24.3 Å². The minimum Gasteiger partial charge on any atom is -0.350 e. The molecule has 126 valence electrons. The third-order valence-electron chi connectivity index (χ3n) is 3.82. The average Bonchev–Trinajstić information content (AvgIpc) is 2.93. The molecule has 0 bridgehead atoms. The molecule has 0 aromatic carbocycles. The fourth-order valence-corrected chi connectivity index (χ4v) is 3.39. The van der Waals surface area contributed by atoms with Gasteiger partial charge in [0.25, 0.3) is 5.91 Å². The van der Waals surface area contributed by atoms with Crippen molar-refractivity contribution in [2.45, 2.75) is 25.8 Å². The molecule has 5 nitrogen and oxygen atoms in total. The normalized spacial score (nSPS) is 16.3. The maximum atomic E-state index is 12.4. The van der Waals surface area contributed by atoms with Crippen molar-refractivity contribution in [3.05, 3.63) is 34.0 Å². The molecule has 0 saturated carbocycles. The number of carbonyl (C=O) groups is 2. The highest BCUT2D eigenvalue weighted by molar-refractivity contribution is 7.13. The molecule has 23 heavy (non-hydrogen) atoms. The molecular formula is C17H25N3O2S. The van der Waals surface area contributed by atoms with Crippen LogP contribution in [-0.4, -0.2) is 61.4 Å². The number of carbonyl (C=O) groups excluding carboxylic acids is 2. The first-order valence-electron chi connectivity index (χ1n) is 7.93. The molecule has 1 aromatic rings. The molecule has 1 aromatic heterocycles. The van der Waals surface area contributed by atoms with Crippen molar-refractivity contribution in [1.82, 2.24) is 15.1 Å². The molecule has 0 unspecified atom stereocenters. The number of nitrogens with one attached hydrogen (secondary N) is 1. The number of amides is 2. The van der Waals surface area contributed by atoms with Gasteiger partial charge in [0.15, 0.2) is 0 Å². The van der Waals surface area contributed by atoms with Crippen LogP contribution in [-0.2, 0) is 4.79 Å². The van der Waals surface area contributed by atoms with E-state index >= 15 is 0 Å². The Morgan fingerprint density at radius 3 is 2.61 bits per heavy atom. The number of thiophene rings is 1. The molecule has 1 aliphatic rings. The predicted octanol–water partition coefficient (Wildman–Crippen LogP) is 1.90. The Labute approximate surface area is 142 Å². The summed E-state index contributed by atoms with van der Waals surface area (Å²) in [5.74, 6) is 0.0595. The van der Waals surface area contributed by atoms with Gasteiger partial charge >= 0.3 is 0 Å². The van der Waals surface area contributed by atoms with Gasteiger partial charge in [-0.1, -0.05) is 6.08 Å². The lowest BCUT2D eigenvalue weighted by Crippen LogP contribution is -2.46. The minimum atomic E-state index is -0.0505. The Morgan fingerprint density at radius 1 is 1.35 bits per heavy atom. The van der Waals surface area contributed by atoms with E-state index in [1.807, 2.05) is 49.0 Å². The van der Waals surface area contributed by atoms with Crippen LogP contribution >= 0.6 is 11.3 Å². The number of likely N-dealkylation sites (N-methyl/N-ethyl adjacent to an activating group) is 1. The molecule has 1 aliphatic heterocycles. The van der Waals surface area contributed by atoms with E-state index in [2.05, 4.69) is 5.32 Å². The van der Waals surface area contributed by atoms with Crippen molar-refractivity contribution in [3.63, 3.8) is 0 Å². The number of hydrogen-bond acceptors (Lipinski definition) is 4. The lowest BCUT2D eigenvalue weighted by Gasteiger charge is -2.32. The van der Waals surface area contributed by atoms with Gasteiger partial charge in [0, 0.05) is 36.6 Å². The van der Waals surface area contributed by atoms with Crippen molar-refractivity contribution in [3.8, 4) is 0 Å². The molecular weight excluding hydrogens is 310 g/mol.